The lowest BCUT2D eigenvalue weighted by atomic mass is 9.97. The zero-order valence-electron chi connectivity index (χ0n) is 17.8. The van der Waals surface area contributed by atoms with Crippen molar-refractivity contribution >= 4 is 22.6 Å². The normalized spacial score (nSPS) is 15.4. The van der Waals surface area contributed by atoms with Gasteiger partial charge >= 0.3 is 0 Å². The first kappa shape index (κ1) is 21.6. The van der Waals surface area contributed by atoms with Crippen molar-refractivity contribution in [1.82, 2.24) is 14.3 Å². The SMILES string of the molecule is CCCCC(CC)C(=O)N1CCN(c2nc(Cc3cccc(OC)c3)ns2)CC1. The first-order valence-electron chi connectivity index (χ1n) is 10.6. The van der Waals surface area contributed by atoms with Crippen LogP contribution in [0.15, 0.2) is 24.3 Å². The van der Waals surface area contributed by atoms with Crippen molar-refractivity contribution in [2.24, 2.45) is 5.92 Å². The van der Waals surface area contributed by atoms with E-state index in [2.05, 4.69) is 29.2 Å². The number of amides is 1. The first-order chi connectivity index (χ1) is 14.1. The summed E-state index contributed by atoms with van der Waals surface area (Å²) in [4.78, 5) is 21.8. The summed E-state index contributed by atoms with van der Waals surface area (Å²) in [6, 6.07) is 8.02. The highest BCUT2D eigenvalue weighted by Gasteiger charge is 2.27. The van der Waals surface area contributed by atoms with E-state index < -0.39 is 0 Å². The van der Waals surface area contributed by atoms with Gasteiger partial charge in [0, 0.05) is 50.1 Å². The number of anilines is 1. The molecule has 29 heavy (non-hydrogen) atoms. The summed E-state index contributed by atoms with van der Waals surface area (Å²) in [5.41, 5.74) is 1.14. The van der Waals surface area contributed by atoms with Crippen LogP contribution in [-0.4, -0.2) is 53.5 Å². The molecule has 1 aliphatic heterocycles. The fourth-order valence-corrected chi connectivity index (χ4v) is 4.48. The molecule has 1 fully saturated rings. The van der Waals surface area contributed by atoms with Gasteiger partial charge in [-0.2, -0.15) is 4.37 Å². The molecule has 0 aliphatic carbocycles. The number of rotatable bonds is 9. The summed E-state index contributed by atoms with van der Waals surface area (Å²) in [6.45, 7) is 7.49. The molecule has 0 saturated carbocycles. The van der Waals surface area contributed by atoms with Crippen LogP contribution in [0.3, 0.4) is 0 Å². The maximum Gasteiger partial charge on any atom is 0.225 e. The van der Waals surface area contributed by atoms with Gasteiger partial charge in [0.05, 0.1) is 7.11 Å². The second-order valence-corrected chi connectivity index (χ2v) is 8.31. The van der Waals surface area contributed by atoms with E-state index in [0.717, 1.165) is 74.1 Å². The minimum atomic E-state index is 0.178. The fourth-order valence-electron chi connectivity index (χ4n) is 3.74. The lowest BCUT2D eigenvalue weighted by Gasteiger charge is -2.36. The molecule has 3 rings (SSSR count). The Kier molecular flexibility index (Phi) is 7.86. The molecule has 2 aromatic rings. The fraction of sp³-hybridized carbons (Fsp3) is 0.591. The van der Waals surface area contributed by atoms with Gasteiger partial charge in [0.15, 0.2) is 0 Å². The number of ether oxygens (including phenoxy) is 1. The standard InChI is InChI=1S/C22H32N4O2S/c1-4-6-9-18(5-2)21(27)25-11-13-26(14-12-25)22-23-20(24-29-22)16-17-8-7-10-19(15-17)28-3/h7-8,10,15,18H,4-6,9,11-14,16H2,1-3H3. The molecular formula is C22H32N4O2S. The smallest absolute Gasteiger partial charge is 0.225 e. The van der Waals surface area contributed by atoms with E-state index >= 15 is 0 Å². The van der Waals surface area contributed by atoms with Gasteiger partial charge in [-0.1, -0.05) is 38.8 Å². The number of nitrogens with zero attached hydrogens (tertiary/aromatic N) is 4. The minimum absolute atomic E-state index is 0.178. The summed E-state index contributed by atoms with van der Waals surface area (Å²) >= 11 is 1.45. The van der Waals surface area contributed by atoms with Crippen LogP contribution in [0, 0.1) is 5.92 Å². The molecule has 158 valence electrons. The van der Waals surface area contributed by atoms with Crippen molar-refractivity contribution in [3.8, 4) is 5.75 Å². The summed E-state index contributed by atoms with van der Waals surface area (Å²) in [7, 11) is 1.68. The highest BCUT2D eigenvalue weighted by molar-refractivity contribution is 7.09. The largest absolute Gasteiger partial charge is 0.497 e. The second-order valence-electron chi connectivity index (χ2n) is 7.58. The van der Waals surface area contributed by atoms with Crippen molar-refractivity contribution in [1.29, 1.82) is 0 Å². The van der Waals surface area contributed by atoms with E-state index in [1.165, 1.54) is 11.5 Å². The first-order valence-corrected chi connectivity index (χ1v) is 11.4. The molecule has 0 spiro atoms. The van der Waals surface area contributed by atoms with E-state index in [-0.39, 0.29) is 5.92 Å². The van der Waals surface area contributed by atoms with E-state index in [9.17, 15) is 4.79 Å². The van der Waals surface area contributed by atoms with Crippen molar-refractivity contribution in [2.45, 2.75) is 46.0 Å². The van der Waals surface area contributed by atoms with Crippen LogP contribution in [-0.2, 0) is 11.2 Å². The van der Waals surface area contributed by atoms with E-state index in [4.69, 9.17) is 9.72 Å². The molecule has 1 aromatic carbocycles. The van der Waals surface area contributed by atoms with Crippen LogP contribution in [0.4, 0.5) is 5.13 Å². The van der Waals surface area contributed by atoms with E-state index in [1.807, 2.05) is 23.1 Å². The minimum Gasteiger partial charge on any atom is -0.497 e. The molecule has 6 nitrogen and oxygen atoms in total. The van der Waals surface area contributed by atoms with Crippen molar-refractivity contribution < 1.29 is 9.53 Å². The Morgan fingerprint density at radius 2 is 2.03 bits per heavy atom. The number of carbonyl (C=O) groups excluding carboxylic acids is 1. The van der Waals surface area contributed by atoms with Gasteiger partial charge in [-0.15, -0.1) is 0 Å². The van der Waals surface area contributed by atoms with Gasteiger partial charge in [0.1, 0.15) is 11.6 Å². The number of aromatic nitrogens is 2. The highest BCUT2D eigenvalue weighted by Crippen LogP contribution is 2.23. The van der Waals surface area contributed by atoms with Crippen LogP contribution in [0.25, 0.3) is 0 Å². The molecule has 1 amide bonds. The molecule has 1 aromatic heterocycles. The van der Waals surface area contributed by atoms with Crippen LogP contribution >= 0.6 is 11.5 Å². The Morgan fingerprint density at radius 3 is 2.72 bits per heavy atom. The number of methoxy groups -OCH3 is 1. The average molecular weight is 417 g/mol. The van der Waals surface area contributed by atoms with Crippen molar-refractivity contribution in [2.75, 3.05) is 38.2 Å². The van der Waals surface area contributed by atoms with Crippen LogP contribution in [0.1, 0.15) is 50.9 Å². The zero-order chi connectivity index (χ0) is 20.6. The maximum absolute atomic E-state index is 12.8. The molecule has 1 atom stereocenters. The number of piperazine rings is 1. The maximum atomic E-state index is 12.8. The van der Waals surface area contributed by atoms with Crippen molar-refractivity contribution in [3.63, 3.8) is 0 Å². The Morgan fingerprint density at radius 1 is 1.24 bits per heavy atom. The molecule has 1 unspecified atom stereocenters. The molecular weight excluding hydrogens is 384 g/mol. The molecule has 0 bridgehead atoms. The summed E-state index contributed by atoms with van der Waals surface area (Å²) in [5, 5.41) is 0.952. The van der Waals surface area contributed by atoms with Gasteiger partial charge in [0.2, 0.25) is 11.0 Å². The van der Waals surface area contributed by atoms with Gasteiger partial charge < -0.3 is 14.5 Å². The number of unbranched alkanes of at least 4 members (excludes halogenated alkanes) is 1. The Balaban J connectivity index is 1.54. The van der Waals surface area contributed by atoms with Crippen molar-refractivity contribution in [3.05, 3.63) is 35.7 Å². The predicted octanol–water partition coefficient (Wildman–Crippen LogP) is 4.00. The zero-order valence-corrected chi connectivity index (χ0v) is 18.6. The Labute approximate surface area is 178 Å². The highest BCUT2D eigenvalue weighted by atomic mass is 32.1. The third-order valence-electron chi connectivity index (χ3n) is 5.56. The van der Waals surface area contributed by atoms with E-state index in [1.54, 1.807) is 7.11 Å². The van der Waals surface area contributed by atoms with Crippen LogP contribution in [0.5, 0.6) is 5.75 Å². The lowest BCUT2D eigenvalue weighted by Crippen LogP contribution is -2.50. The number of hydrogen-bond acceptors (Lipinski definition) is 6. The topological polar surface area (TPSA) is 58.6 Å². The molecule has 7 heteroatoms. The molecule has 2 heterocycles. The monoisotopic (exact) mass is 416 g/mol. The second kappa shape index (κ2) is 10.6. The molecule has 0 N–H and O–H groups in total. The van der Waals surface area contributed by atoms with Crippen LogP contribution < -0.4 is 9.64 Å². The third kappa shape index (κ3) is 5.69. The van der Waals surface area contributed by atoms with Crippen LogP contribution in [0.2, 0.25) is 0 Å². The number of benzene rings is 1. The quantitative estimate of drug-likeness (QED) is 0.618. The Bertz CT molecular complexity index is 787. The molecule has 1 aliphatic rings. The van der Waals surface area contributed by atoms with E-state index in [0.29, 0.717) is 12.3 Å². The Hall–Kier alpha value is -2.15. The van der Waals surface area contributed by atoms with Gasteiger partial charge in [-0.3, -0.25) is 4.79 Å². The average Bonchev–Trinajstić information content (AvgIpc) is 3.22. The number of carbonyl (C=O) groups is 1. The third-order valence-corrected chi connectivity index (χ3v) is 6.38. The lowest BCUT2D eigenvalue weighted by molar-refractivity contribution is -0.136. The van der Waals surface area contributed by atoms with Gasteiger partial charge in [0.25, 0.3) is 0 Å². The summed E-state index contributed by atoms with van der Waals surface area (Å²) in [5.74, 6) is 2.19. The summed E-state index contributed by atoms with van der Waals surface area (Å²) < 4.78 is 9.83. The predicted molar refractivity (Wildman–Crippen MR) is 118 cm³/mol. The molecule has 1 saturated heterocycles. The van der Waals surface area contributed by atoms with Gasteiger partial charge in [-0.05, 0) is 30.5 Å². The summed E-state index contributed by atoms with van der Waals surface area (Å²) in [6.07, 6.45) is 4.92. The molecule has 0 radical (unpaired) electrons. The van der Waals surface area contributed by atoms with Gasteiger partial charge in [-0.25, -0.2) is 4.98 Å². The number of hydrogen-bond donors (Lipinski definition) is 0.